The quantitative estimate of drug-likeness (QED) is 0.833. The molecule has 120 valence electrons. The Kier molecular flexibility index (Phi) is 5.13. The third-order valence-electron chi connectivity index (χ3n) is 4.07. The second-order valence-corrected chi connectivity index (χ2v) is 7.05. The molecule has 3 rings (SSSR count). The van der Waals surface area contributed by atoms with Gasteiger partial charge in [0.05, 0.1) is 0 Å². The van der Waals surface area contributed by atoms with E-state index in [9.17, 15) is 4.79 Å². The van der Waals surface area contributed by atoms with Crippen LogP contribution in [0.25, 0.3) is 0 Å². The average Bonchev–Trinajstić information content (AvgIpc) is 3.35. The van der Waals surface area contributed by atoms with E-state index in [1.165, 1.54) is 5.56 Å². The van der Waals surface area contributed by atoms with Gasteiger partial charge in [-0.25, -0.2) is 0 Å². The van der Waals surface area contributed by atoms with Crippen molar-refractivity contribution in [2.24, 2.45) is 0 Å². The number of hydrogen-bond acceptors (Lipinski definition) is 2. The molecule has 23 heavy (non-hydrogen) atoms. The molecule has 0 unspecified atom stereocenters. The highest BCUT2D eigenvalue weighted by atomic mass is 79.9. The molecule has 1 aliphatic rings. The standard InChI is InChI=1S/C19H21BrN2O/c1-22(13-14-7-9-16(20)10-8-14)18(15-5-3-2-4-6-15)19(23)21-17-11-12-17/h2-10,17-18H,11-13H2,1H3,(H,21,23)/t18-/m1/s1. The van der Waals surface area contributed by atoms with E-state index in [4.69, 9.17) is 0 Å². The summed E-state index contributed by atoms with van der Waals surface area (Å²) in [6, 6.07) is 18.3. The van der Waals surface area contributed by atoms with E-state index in [-0.39, 0.29) is 11.9 Å². The van der Waals surface area contributed by atoms with Gasteiger partial charge < -0.3 is 5.32 Å². The lowest BCUT2D eigenvalue weighted by atomic mass is 10.0. The van der Waals surface area contributed by atoms with Crippen molar-refractivity contribution >= 4 is 21.8 Å². The first-order chi connectivity index (χ1) is 11.1. The number of nitrogens with one attached hydrogen (secondary N) is 1. The number of halogens is 1. The van der Waals surface area contributed by atoms with Crippen molar-refractivity contribution in [1.82, 2.24) is 10.2 Å². The number of benzene rings is 2. The van der Waals surface area contributed by atoms with Gasteiger partial charge in [0.2, 0.25) is 5.91 Å². The van der Waals surface area contributed by atoms with Gasteiger partial charge in [0.25, 0.3) is 0 Å². The van der Waals surface area contributed by atoms with Crippen LogP contribution in [-0.4, -0.2) is 23.9 Å². The van der Waals surface area contributed by atoms with E-state index in [0.717, 1.165) is 29.4 Å². The molecule has 0 aliphatic heterocycles. The van der Waals surface area contributed by atoms with Crippen molar-refractivity contribution in [3.63, 3.8) is 0 Å². The number of carbonyl (C=O) groups excluding carboxylic acids is 1. The number of rotatable bonds is 6. The maximum atomic E-state index is 12.7. The summed E-state index contributed by atoms with van der Waals surface area (Å²) in [5, 5.41) is 3.14. The zero-order valence-corrected chi connectivity index (χ0v) is 14.8. The number of nitrogens with zero attached hydrogens (tertiary/aromatic N) is 1. The van der Waals surface area contributed by atoms with Gasteiger partial charge in [0.1, 0.15) is 6.04 Å². The highest BCUT2D eigenvalue weighted by Crippen LogP contribution is 2.25. The van der Waals surface area contributed by atoms with Crippen molar-refractivity contribution in [2.75, 3.05) is 7.05 Å². The van der Waals surface area contributed by atoms with Gasteiger partial charge in [0, 0.05) is 17.1 Å². The first-order valence-corrected chi connectivity index (χ1v) is 8.73. The second-order valence-electron chi connectivity index (χ2n) is 6.14. The largest absolute Gasteiger partial charge is 0.352 e. The SMILES string of the molecule is CN(Cc1ccc(Br)cc1)[C@@H](C(=O)NC1CC1)c1ccccc1. The maximum absolute atomic E-state index is 12.7. The predicted octanol–water partition coefficient (Wildman–Crippen LogP) is 3.90. The fourth-order valence-corrected chi connectivity index (χ4v) is 2.98. The summed E-state index contributed by atoms with van der Waals surface area (Å²) in [4.78, 5) is 14.8. The van der Waals surface area contributed by atoms with Crippen LogP contribution >= 0.6 is 15.9 Å². The zero-order chi connectivity index (χ0) is 16.2. The Morgan fingerprint density at radius 3 is 2.43 bits per heavy atom. The third kappa shape index (κ3) is 4.43. The third-order valence-corrected chi connectivity index (χ3v) is 4.60. The van der Waals surface area contributed by atoms with Crippen LogP contribution < -0.4 is 5.32 Å². The lowest BCUT2D eigenvalue weighted by Crippen LogP contribution is -2.39. The van der Waals surface area contributed by atoms with Crippen molar-refractivity contribution in [3.05, 3.63) is 70.2 Å². The Labute approximate surface area is 145 Å². The van der Waals surface area contributed by atoms with Gasteiger partial charge in [-0.1, -0.05) is 58.4 Å². The molecule has 0 aromatic heterocycles. The molecule has 2 aromatic carbocycles. The second kappa shape index (κ2) is 7.28. The molecule has 3 nitrogen and oxygen atoms in total. The fourth-order valence-electron chi connectivity index (χ4n) is 2.72. The van der Waals surface area contributed by atoms with Gasteiger partial charge in [-0.3, -0.25) is 9.69 Å². The normalized spacial score (nSPS) is 15.4. The maximum Gasteiger partial charge on any atom is 0.242 e. The first-order valence-electron chi connectivity index (χ1n) is 7.93. The highest BCUT2D eigenvalue weighted by Gasteiger charge is 2.30. The summed E-state index contributed by atoms with van der Waals surface area (Å²) in [5.41, 5.74) is 2.22. The molecule has 4 heteroatoms. The number of likely N-dealkylation sites (N-methyl/N-ethyl adjacent to an activating group) is 1. The molecule has 1 atom stereocenters. The molecule has 0 bridgehead atoms. The van der Waals surface area contributed by atoms with E-state index >= 15 is 0 Å². The minimum absolute atomic E-state index is 0.0957. The molecule has 1 N–H and O–H groups in total. The van der Waals surface area contributed by atoms with Crippen molar-refractivity contribution in [3.8, 4) is 0 Å². The van der Waals surface area contributed by atoms with Crippen LogP contribution in [0.1, 0.15) is 30.0 Å². The van der Waals surface area contributed by atoms with Gasteiger partial charge in [-0.2, -0.15) is 0 Å². The lowest BCUT2D eigenvalue weighted by Gasteiger charge is -2.27. The van der Waals surface area contributed by atoms with Crippen LogP contribution in [0.4, 0.5) is 0 Å². The molecule has 0 saturated heterocycles. The summed E-state index contributed by atoms with van der Waals surface area (Å²) < 4.78 is 1.06. The topological polar surface area (TPSA) is 32.3 Å². The summed E-state index contributed by atoms with van der Waals surface area (Å²) in [7, 11) is 2.01. The van der Waals surface area contributed by atoms with Crippen LogP contribution in [0.3, 0.4) is 0 Å². The van der Waals surface area contributed by atoms with Crippen LogP contribution in [0.5, 0.6) is 0 Å². The van der Waals surface area contributed by atoms with Crippen LogP contribution in [-0.2, 0) is 11.3 Å². The van der Waals surface area contributed by atoms with Gasteiger partial charge >= 0.3 is 0 Å². The van der Waals surface area contributed by atoms with Crippen molar-refractivity contribution in [1.29, 1.82) is 0 Å². The van der Waals surface area contributed by atoms with E-state index in [1.54, 1.807) is 0 Å². The van der Waals surface area contributed by atoms with Crippen LogP contribution in [0.15, 0.2) is 59.1 Å². The van der Waals surface area contributed by atoms with Gasteiger partial charge in [-0.05, 0) is 43.1 Å². The summed E-state index contributed by atoms with van der Waals surface area (Å²) in [5.74, 6) is 0.0957. The van der Waals surface area contributed by atoms with Crippen molar-refractivity contribution < 1.29 is 4.79 Å². The Morgan fingerprint density at radius 2 is 1.83 bits per heavy atom. The smallest absolute Gasteiger partial charge is 0.242 e. The zero-order valence-electron chi connectivity index (χ0n) is 13.2. The van der Waals surface area contributed by atoms with E-state index in [1.807, 2.05) is 49.5 Å². The van der Waals surface area contributed by atoms with Crippen LogP contribution in [0, 0.1) is 0 Å². The molecular weight excluding hydrogens is 352 g/mol. The molecule has 0 heterocycles. The first kappa shape index (κ1) is 16.2. The number of amides is 1. The predicted molar refractivity (Wildman–Crippen MR) is 96.0 cm³/mol. The summed E-state index contributed by atoms with van der Waals surface area (Å²) >= 11 is 3.46. The summed E-state index contributed by atoms with van der Waals surface area (Å²) in [6.45, 7) is 0.727. The average molecular weight is 373 g/mol. The Morgan fingerprint density at radius 1 is 1.17 bits per heavy atom. The molecule has 0 spiro atoms. The van der Waals surface area contributed by atoms with Gasteiger partial charge in [-0.15, -0.1) is 0 Å². The van der Waals surface area contributed by atoms with E-state index < -0.39 is 0 Å². The van der Waals surface area contributed by atoms with Gasteiger partial charge in [0.15, 0.2) is 0 Å². The number of hydrogen-bond donors (Lipinski definition) is 1. The molecule has 1 amide bonds. The Balaban J connectivity index is 1.78. The monoisotopic (exact) mass is 372 g/mol. The molecule has 0 radical (unpaired) electrons. The number of carbonyl (C=O) groups is 1. The molecular formula is C19H21BrN2O. The lowest BCUT2D eigenvalue weighted by molar-refractivity contribution is -0.126. The fraction of sp³-hybridized carbons (Fsp3) is 0.316. The minimum Gasteiger partial charge on any atom is -0.352 e. The van der Waals surface area contributed by atoms with Crippen molar-refractivity contribution in [2.45, 2.75) is 31.5 Å². The molecule has 1 saturated carbocycles. The summed E-state index contributed by atoms with van der Waals surface area (Å²) in [6.07, 6.45) is 2.20. The van der Waals surface area contributed by atoms with E-state index in [2.05, 4.69) is 38.3 Å². The Hall–Kier alpha value is -1.65. The molecule has 2 aromatic rings. The van der Waals surface area contributed by atoms with E-state index in [0.29, 0.717) is 6.04 Å². The van der Waals surface area contributed by atoms with Crippen LogP contribution in [0.2, 0.25) is 0 Å². The molecule has 1 fully saturated rings. The minimum atomic E-state index is -0.263. The highest BCUT2D eigenvalue weighted by molar-refractivity contribution is 9.10. The molecule has 1 aliphatic carbocycles. The Bertz CT molecular complexity index is 653.